The van der Waals surface area contributed by atoms with Gasteiger partial charge >= 0.3 is 154 Å². The van der Waals surface area contributed by atoms with Crippen LogP contribution < -0.4 is 21.2 Å². The summed E-state index contributed by atoms with van der Waals surface area (Å²) < 4.78 is 3.64. The molecule has 128 valence electrons. The fourth-order valence-electron chi connectivity index (χ4n) is 3.06. The molecule has 2 heterocycles. The average molecular weight is 437 g/mol. The van der Waals surface area contributed by atoms with Crippen molar-refractivity contribution >= 4 is 11.8 Å². The molecule has 3 rings (SSSR count). The predicted octanol–water partition coefficient (Wildman–Crippen LogP) is -0.463. The van der Waals surface area contributed by atoms with Crippen molar-refractivity contribution in [2.45, 2.75) is 13.3 Å². The van der Waals surface area contributed by atoms with Gasteiger partial charge in [0.2, 0.25) is 0 Å². The first kappa shape index (κ1) is 17.4. The van der Waals surface area contributed by atoms with Gasteiger partial charge in [-0.15, -0.1) is 0 Å². The molecule has 1 aromatic rings. The van der Waals surface area contributed by atoms with E-state index < -0.39 is 0 Å². The van der Waals surface area contributed by atoms with Crippen molar-refractivity contribution in [3.05, 3.63) is 56.7 Å². The first-order valence-electron chi connectivity index (χ1n) is 8.21. The second-order valence-electron chi connectivity index (χ2n) is 6.04. The Morgan fingerprint density at radius 2 is 1.79 bits per heavy atom. The molecule has 0 atom stereocenters. The van der Waals surface area contributed by atoms with Gasteiger partial charge in [0.15, 0.2) is 0 Å². The number of alkyl halides is 1. The minimum atomic E-state index is -0.174. The number of carbonyl (C=O) groups excluding carboxylic acids is 2. The van der Waals surface area contributed by atoms with E-state index in [1.54, 1.807) is 24.3 Å². The molecule has 0 aliphatic carbocycles. The Balaban J connectivity index is 1.78. The standard InChI is InChI=1S/C19H22IN2O2/c1-3-20-12-15-13-21(2)10-8-14(15)9-11-22-18(23)16-6-4-5-7-17(16)19(22)24/h4-7,9,12H,3,8,10-11,13H2,1-2H3/q-1/b14-9+,15-12+. The summed E-state index contributed by atoms with van der Waals surface area (Å²) in [7, 11) is 2.14. The Labute approximate surface area is 153 Å². The van der Waals surface area contributed by atoms with Crippen LogP contribution in [0.25, 0.3) is 0 Å². The van der Waals surface area contributed by atoms with Gasteiger partial charge in [0, 0.05) is 0 Å². The zero-order chi connectivity index (χ0) is 17.1. The van der Waals surface area contributed by atoms with Crippen LogP contribution in [-0.4, -0.2) is 52.7 Å². The first-order valence-corrected chi connectivity index (χ1v) is 11.0. The van der Waals surface area contributed by atoms with Gasteiger partial charge in [0.1, 0.15) is 0 Å². The van der Waals surface area contributed by atoms with Crippen LogP contribution >= 0.6 is 0 Å². The zero-order valence-corrected chi connectivity index (χ0v) is 16.2. The van der Waals surface area contributed by atoms with Crippen molar-refractivity contribution in [2.24, 2.45) is 0 Å². The predicted molar refractivity (Wildman–Crippen MR) is 90.6 cm³/mol. The third-order valence-electron chi connectivity index (χ3n) is 4.38. The van der Waals surface area contributed by atoms with Crippen LogP contribution in [0.4, 0.5) is 0 Å². The van der Waals surface area contributed by atoms with E-state index in [4.69, 9.17) is 0 Å². The molecule has 0 N–H and O–H groups in total. The number of benzene rings is 1. The maximum atomic E-state index is 12.4. The molecule has 0 bridgehead atoms. The Hall–Kier alpha value is -1.47. The second-order valence-corrected chi connectivity index (χ2v) is 9.07. The van der Waals surface area contributed by atoms with Crippen molar-refractivity contribution in [1.82, 2.24) is 9.80 Å². The summed E-state index contributed by atoms with van der Waals surface area (Å²) >= 11 is 0.100. The SMILES string of the molecule is CC[I-]/C=C1\CN(C)CC\C1=C/CN1C(=O)c2ccccc2C1=O. The number of carbonyl (C=O) groups is 2. The van der Waals surface area contributed by atoms with Gasteiger partial charge in [-0.2, -0.15) is 0 Å². The third-order valence-corrected chi connectivity index (χ3v) is 6.45. The van der Waals surface area contributed by atoms with Gasteiger partial charge in [-0.05, 0) is 0 Å². The molecule has 1 aromatic carbocycles. The summed E-state index contributed by atoms with van der Waals surface area (Å²) in [6.07, 6.45) is 3.07. The number of piperidine rings is 1. The Bertz CT molecular complexity index is 689. The normalized spacial score (nSPS) is 22.0. The number of imide groups is 1. The fraction of sp³-hybridized carbons (Fsp3) is 0.368. The summed E-state index contributed by atoms with van der Waals surface area (Å²) in [5, 5.41) is 0. The number of nitrogens with zero attached hydrogens (tertiary/aromatic N) is 2. The molecule has 0 aromatic heterocycles. The number of likely N-dealkylation sites (tertiary alicyclic amines) is 1. The molecule has 1 saturated heterocycles. The van der Waals surface area contributed by atoms with Gasteiger partial charge in [0.05, 0.1) is 0 Å². The monoisotopic (exact) mass is 437 g/mol. The summed E-state index contributed by atoms with van der Waals surface area (Å²) in [5.74, 6) is -0.348. The van der Waals surface area contributed by atoms with Gasteiger partial charge in [0.25, 0.3) is 0 Å². The molecule has 24 heavy (non-hydrogen) atoms. The summed E-state index contributed by atoms with van der Waals surface area (Å²) in [4.78, 5) is 28.6. The van der Waals surface area contributed by atoms with Crippen LogP contribution in [0.3, 0.4) is 0 Å². The van der Waals surface area contributed by atoms with Crippen LogP contribution in [0.5, 0.6) is 0 Å². The average Bonchev–Trinajstić information content (AvgIpc) is 2.84. The number of hydrogen-bond donors (Lipinski definition) is 0. The summed E-state index contributed by atoms with van der Waals surface area (Å²) in [6.45, 7) is 4.58. The molecule has 0 radical (unpaired) electrons. The van der Waals surface area contributed by atoms with Crippen LogP contribution in [-0.2, 0) is 0 Å². The molecule has 0 saturated carbocycles. The van der Waals surface area contributed by atoms with Gasteiger partial charge in [-0.1, -0.05) is 0 Å². The van der Waals surface area contributed by atoms with Crippen LogP contribution in [0.1, 0.15) is 34.1 Å². The minimum absolute atomic E-state index is 0.100. The molecule has 2 aliphatic heterocycles. The van der Waals surface area contributed by atoms with E-state index in [9.17, 15) is 9.59 Å². The maximum absolute atomic E-state index is 12.4. The fourth-order valence-corrected chi connectivity index (χ4v) is 4.63. The van der Waals surface area contributed by atoms with E-state index in [1.807, 2.05) is 0 Å². The second kappa shape index (κ2) is 7.61. The number of likely N-dealkylation sites (N-methyl/N-ethyl adjacent to an activating group) is 1. The number of hydrogen-bond acceptors (Lipinski definition) is 3. The zero-order valence-electron chi connectivity index (χ0n) is 14.1. The van der Waals surface area contributed by atoms with Crippen molar-refractivity contribution in [3.8, 4) is 0 Å². The molecule has 4 nitrogen and oxygen atoms in total. The Morgan fingerprint density at radius 1 is 1.12 bits per heavy atom. The van der Waals surface area contributed by atoms with E-state index in [1.165, 1.54) is 20.5 Å². The molecule has 5 heteroatoms. The quantitative estimate of drug-likeness (QED) is 0.364. The Morgan fingerprint density at radius 3 is 2.42 bits per heavy atom. The van der Waals surface area contributed by atoms with Crippen LogP contribution in [0, 0.1) is 0 Å². The van der Waals surface area contributed by atoms with Crippen molar-refractivity contribution in [2.75, 3.05) is 31.1 Å². The molecule has 0 spiro atoms. The Kier molecular flexibility index (Phi) is 5.50. The molecule has 2 aliphatic rings. The summed E-state index contributed by atoms with van der Waals surface area (Å²) in [5.41, 5.74) is 3.74. The van der Waals surface area contributed by atoms with Gasteiger partial charge in [-0.25, -0.2) is 0 Å². The van der Waals surface area contributed by atoms with Crippen molar-refractivity contribution in [3.63, 3.8) is 0 Å². The van der Waals surface area contributed by atoms with Gasteiger partial charge < -0.3 is 0 Å². The van der Waals surface area contributed by atoms with E-state index in [2.05, 4.69) is 29.0 Å². The van der Waals surface area contributed by atoms with Crippen molar-refractivity contribution in [1.29, 1.82) is 0 Å². The number of fused-ring (bicyclic) bond motifs is 1. The van der Waals surface area contributed by atoms with E-state index >= 15 is 0 Å². The molecule has 2 amide bonds. The number of halogens is 1. The molecule has 0 unspecified atom stereocenters. The number of amides is 2. The molecule has 1 fully saturated rings. The number of rotatable bonds is 4. The van der Waals surface area contributed by atoms with Crippen LogP contribution in [0.2, 0.25) is 0 Å². The topological polar surface area (TPSA) is 40.6 Å². The van der Waals surface area contributed by atoms with E-state index in [0.717, 1.165) is 19.5 Å². The van der Waals surface area contributed by atoms with E-state index in [-0.39, 0.29) is 33.0 Å². The van der Waals surface area contributed by atoms with Crippen LogP contribution in [0.15, 0.2) is 45.6 Å². The van der Waals surface area contributed by atoms with Gasteiger partial charge in [-0.3, -0.25) is 0 Å². The molecular formula is C19H22IN2O2-. The third kappa shape index (κ3) is 3.47. The molecular weight excluding hydrogens is 415 g/mol. The van der Waals surface area contributed by atoms with E-state index in [0.29, 0.717) is 17.7 Å². The first-order chi connectivity index (χ1) is 11.6. The summed E-state index contributed by atoms with van der Waals surface area (Å²) in [6, 6.07) is 7.07. The van der Waals surface area contributed by atoms with Crippen molar-refractivity contribution < 1.29 is 30.8 Å².